The number of amides is 1. The number of rotatable bonds is 9. The van der Waals surface area contributed by atoms with Gasteiger partial charge in [-0.05, 0) is 80.5 Å². The van der Waals surface area contributed by atoms with Gasteiger partial charge in [-0.15, -0.1) is 0 Å². The molecule has 7 heteroatoms. The smallest absolute Gasteiger partial charge is 0.240 e. The molecule has 1 aliphatic heterocycles. The molecule has 0 bridgehead atoms. The zero-order chi connectivity index (χ0) is 22.3. The Kier molecular flexibility index (Phi) is 8.09. The molecular weight excluding hydrogens is 412 g/mol. The molecule has 0 spiro atoms. The molecule has 1 amide bonds. The van der Waals surface area contributed by atoms with E-state index < -0.39 is 10.0 Å². The Bertz CT molecular complexity index is 948. The highest BCUT2D eigenvalue weighted by molar-refractivity contribution is 7.89. The predicted octanol–water partition coefficient (Wildman–Crippen LogP) is 3.41. The molecule has 1 heterocycles. The van der Waals surface area contributed by atoms with Gasteiger partial charge >= 0.3 is 0 Å². The second kappa shape index (κ2) is 10.8. The Morgan fingerprint density at radius 1 is 1.00 bits per heavy atom. The van der Waals surface area contributed by atoms with Crippen molar-refractivity contribution in [3.8, 4) is 5.75 Å². The van der Waals surface area contributed by atoms with Crippen molar-refractivity contribution in [2.75, 3.05) is 27.2 Å². The summed E-state index contributed by atoms with van der Waals surface area (Å²) in [6.07, 6.45) is 5.39. The van der Waals surface area contributed by atoms with Crippen LogP contribution in [-0.2, 0) is 27.7 Å². The monoisotopic (exact) mass is 444 g/mol. The average molecular weight is 445 g/mol. The van der Waals surface area contributed by atoms with E-state index in [2.05, 4.69) is 16.9 Å². The molecule has 3 rings (SSSR count). The standard InChI is InChI=1S/C24H32N2O4S/c1-25-31(28,29)23-12-7-20(8-13-23)9-14-24(27)26-17-15-21(16-18-26)4-3-19-5-10-22(30-2)11-6-19/h5-8,10-13,21,25H,3-4,9,14-18H2,1-2H3. The first-order chi connectivity index (χ1) is 14.9. The van der Waals surface area contributed by atoms with E-state index in [9.17, 15) is 13.2 Å². The third kappa shape index (κ3) is 6.55. The summed E-state index contributed by atoms with van der Waals surface area (Å²) in [5, 5.41) is 0. The number of aryl methyl sites for hydroxylation is 2. The molecule has 0 radical (unpaired) electrons. The number of benzene rings is 2. The summed E-state index contributed by atoms with van der Waals surface area (Å²) in [5.41, 5.74) is 2.30. The Hall–Kier alpha value is -2.38. The summed E-state index contributed by atoms with van der Waals surface area (Å²) in [6, 6.07) is 15.0. The Morgan fingerprint density at radius 2 is 1.58 bits per heavy atom. The normalized spacial score (nSPS) is 15.1. The minimum absolute atomic E-state index is 0.181. The third-order valence-corrected chi connectivity index (χ3v) is 7.53. The molecule has 0 aliphatic carbocycles. The Morgan fingerprint density at radius 3 is 2.16 bits per heavy atom. The molecule has 0 saturated carbocycles. The summed E-state index contributed by atoms with van der Waals surface area (Å²) in [5.74, 6) is 1.72. The van der Waals surface area contributed by atoms with Crippen LogP contribution in [-0.4, -0.2) is 46.5 Å². The van der Waals surface area contributed by atoms with Gasteiger partial charge in [0.05, 0.1) is 12.0 Å². The average Bonchev–Trinajstić information content (AvgIpc) is 2.82. The molecule has 0 unspecified atom stereocenters. The largest absolute Gasteiger partial charge is 0.497 e. The number of piperidine rings is 1. The van der Waals surface area contributed by atoms with Crippen LogP contribution in [0.1, 0.15) is 36.8 Å². The van der Waals surface area contributed by atoms with Gasteiger partial charge in [-0.3, -0.25) is 4.79 Å². The summed E-state index contributed by atoms with van der Waals surface area (Å²) < 4.78 is 31.1. The fourth-order valence-electron chi connectivity index (χ4n) is 4.00. The van der Waals surface area contributed by atoms with Gasteiger partial charge in [0.25, 0.3) is 0 Å². The third-order valence-electron chi connectivity index (χ3n) is 6.10. The van der Waals surface area contributed by atoms with Crippen LogP contribution < -0.4 is 9.46 Å². The fourth-order valence-corrected chi connectivity index (χ4v) is 4.73. The molecule has 1 saturated heterocycles. The summed E-state index contributed by atoms with van der Waals surface area (Å²) in [4.78, 5) is 14.8. The van der Waals surface area contributed by atoms with Crippen molar-refractivity contribution in [2.24, 2.45) is 5.92 Å². The molecule has 1 aliphatic rings. The molecular formula is C24H32N2O4S. The molecule has 2 aromatic rings. The number of ether oxygens (including phenoxy) is 1. The van der Waals surface area contributed by atoms with E-state index in [4.69, 9.17) is 4.74 Å². The van der Waals surface area contributed by atoms with Crippen molar-refractivity contribution in [3.05, 3.63) is 59.7 Å². The van der Waals surface area contributed by atoms with Crippen LogP contribution in [0.5, 0.6) is 5.75 Å². The number of hydrogen-bond acceptors (Lipinski definition) is 4. The Balaban J connectivity index is 1.39. The number of sulfonamides is 1. The van der Waals surface area contributed by atoms with E-state index in [0.29, 0.717) is 18.8 Å². The van der Waals surface area contributed by atoms with Gasteiger partial charge < -0.3 is 9.64 Å². The molecule has 31 heavy (non-hydrogen) atoms. The maximum absolute atomic E-state index is 12.6. The quantitative estimate of drug-likeness (QED) is 0.643. The maximum Gasteiger partial charge on any atom is 0.240 e. The van der Waals surface area contributed by atoms with Gasteiger partial charge in [-0.2, -0.15) is 0 Å². The lowest BCUT2D eigenvalue weighted by Crippen LogP contribution is -2.38. The molecule has 1 N–H and O–H groups in total. The van der Waals surface area contributed by atoms with E-state index in [0.717, 1.165) is 50.1 Å². The Labute approximate surface area is 185 Å². The van der Waals surface area contributed by atoms with Crippen molar-refractivity contribution in [1.82, 2.24) is 9.62 Å². The number of carbonyl (C=O) groups is 1. The number of nitrogens with zero attached hydrogens (tertiary/aromatic N) is 1. The maximum atomic E-state index is 12.6. The van der Waals surface area contributed by atoms with Crippen LogP contribution in [0, 0.1) is 5.92 Å². The lowest BCUT2D eigenvalue weighted by molar-refractivity contribution is -0.132. The topological polar surface area (TPSA) is 75.7 Å². The van der Waals surface area contributed by atoms with Gasteiger partial charge in [0.15, 0.2) is 0 Å². The number of nitrogens with one attached hydrogen (secondary N) is 1. The lowest BCUT2D eigenvalue weighted by atomic mass is 9.90. The van der Waals surface area contributed by atoms with Gasteiger partial charge in [0, 0.05) is 19.5 Å². The van der Waals surface area contributed by atoms with E-state index >= 15 is 0 Å². The molecule has 6 nitrogen and oxygen atoms in total. The summed E-state index contributed by atoms with van der Waals surface area (Å²) in [6.45, 7) is 1.65. The highest BCUT2D eigenvalue weighted by atomic mass is 32.2. The van der Waals surface area contributed by atoms with Gasteiger partial charge in [-0.25, -0.2) is 13.1 Å². The number of hydrogen-bond donors (Lipinski definition) is 1. The highest BCUT2D eigenvalue weighted by Crippen LogP contribution is 2.24. The van der Waals surface area contributed by atoms with Crippen molar-refractivity contribution in [2.45, 2.75) is 43.4 Å². The van der Waals surface area contributed by atoms with Gasteiger partial charge in [-0.1, -0.05) is 24.3 Å². The van der Waals surface area contributed by atoms with Crippen molar-refractivity contribution in [3.63, 3.8) is 0 Å². The van der Waals surface area contributed by atoms with Gasteiger partial charge in [0.2, 0.25) is 15.9 Å². The van der Waals surface area contributed by atoms with Crippen LogP contribution in [0.25, 0.3) is 0 Å². The van der Waals surface area contributed by atoms with E-state index in [1.165, 1.54) is 12.6 Å². The zero-order valence-electron chi connectivity index (χ0n) is 18.3. The number of likely N-dealkylation sites (tertiary alicyclic amines) is 1. The minimum atomic E-state index is -3.43. The lowest BCUT2D eigenvalue weighted by Gasteiger charge is -2.32. The van der Waals surface area contributed by atoms with E-state index in [1.807, 2.05) is 17.0 Å². The molecule has 0 aromatic heterocycles. The van der Waals surface area contributed by atoms with Crippen LogP contribution in [0.15, 0.2) is 53.4 Å². The fraction of sp³-hybridized carbons (Fsp3) is 0.458. The minimum Gasteiger partial charge on any atom is -0.497 e. The van der Waals surface area contributed by atoms with Crippen molar-refractivity contribution in [1.29, 1.82) is 0 Å². The zero-order valence-corrected chi connectivity index (χ0v) is 19.2. The first kappa shape index (κ1) is 23.3. The van der Waals surface area contributed by atoms with Crippen LogP contribution in [0.3, 0.4) is 0 Å². The number of carbonyl (C=O) groups excluding carboxylic acids is 1. The first-order valence-electron chi connectivity index (χ1n) is 10.8. The highest BCUT2D eigenvalue weighted by Gasteiger charge is 2.22. The molecule has 2 aromatic carbocycles. The summed E-state index contributed by atoms with van der Waals surface area (Å²) in [7, 11) is -0.354. The van der Waals surface area contributed by atoms with Crippen molar-refractivity contribution < 1.29 is 17.9 Å². The number of methoxy groups -OCH3 is 1. The molecule has 0 atom stereocenters. The van der Waals surface area contributed by atoms with Crippen molar-refractivity contribution >= 4 is 15.9 Å². The molecule has 168 valence electrons. The van der Waals surface area contributed by atoms with E-state index in [-0.39, 0.29) is 10.8 Å². The molecule has 1 fully saturated rings. The second-order valence-corrected chi connectivity index (χ2v) is 9.95. The van der Waals surface area contributed by atoms with Crippen LogP contribution >= 0.6 is 0 Å². The predicted molar refractivity (Wildman–Crippen MR) is 122 cm³/mol. The van der Waals surface area contributed by atoms with Gasteiger partial charge in [0.1, 0.15) is 5.75 Å². The SMILES string of the molecule is CNS(=O)(=O)c1ccc(CCC(=O)N2CCC(CCc3ccc(OC)cc3)CC2)cc1. The van der Waals surface area contributed by atoms with E-state index in [1.54, 1.807) is 31.4 Å². The second-order valence-electron chi connectivity index (χ2n) is 8.06. The first-order valence-corrected chi connectivity index (χ1v) is 12.3. The van der Waals surface area contributed by atoms with Crippen LogP contribution in [0.2, 0.25) is 0 Å². The summed E-state index contributed by atoms with van der Waals surface area (Å²) >= 11 is 0. The van der Waals surface area contributed by atoms with Crippen LogP contribution in [0.4, 0.5) is 0 Å².